The van der Waals surface area contributed by atoms with Crippen molar-refractivity contribution >= 4 is 17.9 Å². The van der Waals surface area contributed by atoms with Crippen LogP contribution in [0.4, 0.5) is 4.79 Å². The summed E-state index contributed by atoms with van der Waals surface area (Å²) in [6.07, 6.45) is -0.510. The fourth-order valence-corrected chi connectivity index (χ4v) is 5.08. The lowest BCUT2D eigenvalue weighted by Gasteiger charge is -2.22. The van der Waals surface area contributed by atoms with Crippen molar-refractivity contribution in [3.05, 3.63) is 167 Å². The van der Waals surface area contributed by atoms with Crippen molar-refractivity contribution in [1.29, 1.82) is 0 Å². The summed E-state index contributed by atoms with van der Waals surface area (Å²) in [4.78, 5) is 39.1. The Kier molecular flexibility index (Phi) is 12.4. The zero-order chi connectivity index (χ0) is 34.3. The first-order valence-corrected chi connectivity index (χ1v) is 16.0. The molecule has 0 saturated carbocycles. The number of carbonyl (C=O) groups is 3. The van der Waals surface area contributed by atoms with E-state index in [0.29, 0.717) is 30.3 Å². The summed E-state index contributed by atoms with van der Waals surface area (Å²) < 4.78 is 17.7. The molecule has 0 bridgehead atoms. The maximum Gasteiger partial charge on any atom is 0.408 e. The van der Waals surface area contributed by atoms with Crippen molar-refractivity contribution in [2.75, 3.05) is 0 Å². The van der Waals surface area contributed by atoms with Gasteiger partial charge in [-0.25, -0.2) is 4.79 Å². The van der Waals surface area contributed by atoms with E-state index in [4.69, 9.17) is 19.9 Å². The molecule has 2 atom stereocenters. The van der Waals surface area contributed by atoms with Crippen LogP contribution in [-0.4, -0.2) is 30.0 Å². The molecule has 0 radical (unpaired) electrons. The Balaban J connectivity index is 1.29. The van der Waals surface area contributed by atoms with Crippen LogP contribution < -0.4 is 25.8 Å². The van der Waals surface area contributed by atoms with Gasteiger partial charge in [0, 0.05) is 12.8 Å². The quantitative estimate of drug-likeness (QED) is 0.121. The highest BCUT2D eigenvalue weighted by molar-refractivity contribution is 5.91. The van der Waals surface area contributed by atoms with Gasteiger partial charge in [0.1, 0.15) is 31.9 Å². The molecule has 4 N–H and O–H groups in total. The minimum atomic E-state index is -1.08. The number of amides is 3. The van der Waals surface area contributed by atoms with Crippen LogP contribution in [0.15, 0.2) is 140 Å². The standard InChI is InChI=1S/C40H39N3O6/c41-38(44)34(42-39(45)35(23-29-13-5-1-6-14-29)43-40(46)49-28-32-19-11-4-12-20-32)24-33-21-22-36(47-26-30-15-7-2-8-16-30)37(25-33)48-27-31-17-9-3-10-18-31/h1-22,25,34-35H,23-24,26-28H2,(H2,41,44)(H,42,45)(H,43,46)/t34-,35-/m1/s1. The lowest BCUT2D eigenvalue weighted by Crippen LogP contribution is -2.54. The SMILES string of the molecule is NC(=O)[C@@H](Cc1ccc(OCc2ccccc2)c(OCc2ccccc2)c1)NC(=O)[C@@H](Cc1ccccc1)NC(=O)OCc1ccccc1. The minimum Gasteiger partial charge on any atom is -0.485 e. The number of alkyl carbamates (subject to hydrolysis) is 1. The lowest BCUT2D eigenvalue weighted by atomic mass is 10.0. The van der Waals surface area contributed by atoms with Gasteiger partial charge in [-0.1, -0.05) is 127 Å². The Morgan fingerprint density at radius 2 is 0.980 bits per heavy atom. The molecule has 5 aromatic carbocycles. The van der Waals surface area contributed by atoms with E-state index in [1.807, 2.05) is 121 Å². The summed E-state index contributed by atoms with van der Waals surface area (Å²) in [7, 11) is 0. The maximum absolute atomic E-state index is 13.6. The van der Waals surface area contributed by atoms with Gasteiger partial charge in [0.2, 0.25) is 11.8 Å². The monoisotopic (exact) mass is 657 g/mol. The highest BCUT2D eigenvalue weighted by Crippen LogP contribution is 2.30. The number of nitrogens with one attached hydrogen (secondary N) is 2. The second kappa shape index (κ2) is 17.7. The van der Waals surface area contributed by atoms with E-state index in [9.17, 15) is 14.4 Å². The van der Waals surface area contributed by atoms with Gasteiger partial charge in [-0.3, -0.25) is 9.59 Å². The number of carbonyl (C=O) groups excluding carboxylic acids is 3. The summed E-state index contributed by atoms with van der Waals surface area (Å²) in [5.74, 6) is -0.289. The van der Waals surface area contributed by atoms with E-state index < -0.39 is 30.0 Å². The molecule has 0 aromatic heterocycles. The first kappa shape index (κ1) is 34.3. The van der Waals surface area contributed by atoms with E-state index in [0.717, 1.165) is 22.3 Å². The van der Waals surface area contributed by atoms with Crippen LogP contribution in [0.2, 0.25) is 0 Å². The van der Waals surface area contributed by atoms with Crippen LogP contribution in [0.5, 0.6) is 11.5 Å². The topological polar surface area (TPSA) is 129 Å². The molecule has 9 nitrogen and oxygen atoms in total. The van der Waals surface area contributed by atoms with Crippen LogP contribution in [-0.2, 0) is 47.0 Å². The molecule has 49 heavy (non-hydrogen) atoms. The molecule has 0 aliphatic rings. The third-order valence-electron chi connectivity index (χ3n) is 7.69. The highest BCUT2D eigenvalue weighted by Gasteiger charge is 2.27. The summed E-state index contributed by atoms with van der Waals surface area (Å²) >= 11 is 0. The molecule has 5 aromatic rings. The third-order valence-corrected chi connectivity index (χ3v) is 7.69. The van der Waals surface area contributed by atoms with Crippen LogP contribution >= 0.6 is 0 Å². The smallest absolute Gasteiger partial charge is 0.408 e. The summed E-state index contributed by atoms with van der Waals surface area (Å²) in [5, 5.41) is 5.41. The molecule has 0 aliphatic carbocycles. The number of rotatable bonds is 16. The number of nitrogens with two attached hydrogens (primary N) is 1. The van der Waals surface area contributed by atoms with Gasteiger partial charge in [-0.05, 0) is 39.9 Å². The predicted octanol–water partition coefficient (Wildman–Crippen LogP) is 5.89. The number of benzene rings is 5. The van der Waals surface area contributed by atoms with E-state index in [-0.39, 0.29) is 19.4 Å². The molecule has 0 fully saturated rings. The number of hydrogen-bond donors (Lipinski definition) is 3. The molecular weight excluding hydrogens is 618 g/mol. The zero-order valence-corrected chi connectivity index (χ0v) is 27.0. The normalized spacial score (nSPS) is 11.8. The molecular formula is C40H39N3O6. The number of hydrogen-bond acceptors (Lipinski definition) is 6. The summed E-state index contributed by atoms with van der Waals surface area (Å²) in [5.41, 5.74) is 10.1. The van der Waals surface area contributed by atoms with Crippen molar-refractivity contribution < 1.29 is 28.6 Å². The van der Waals surface area contributed by atoms with E-state index >= 15 is 0 Å². The van der Waals surface area contributed by atoms with Crippen LogP contribution in [0.25, 0.3) is 0 Å². The van der Waals surface area contributed by atoms with Crippen LogP contribution in [0, 0.1) is 0 Å². The van der Waals surface area contributed by atoms with Gasteiger partial charge in [0.05, 0.1) is 0 Å². The van der Waals surface area contributed by atoms with Crippen molar-refractivity contribution in [1.82, 2.24) is 10.6 Å². The number of ether oxygens (including phenoxy) is 3. The van der Waals surface area contributed by atoms with Gasteiger partial charge in [0.15, 0.2) is 11.5 Å². The van der Waals surface area contributed by atoms with Crippen molar-refractivity contribution in [2.45, 2.75) is 44.7 Å². The average Bonchev–Trinajstić information content (AvgIpc) is 3.13. The molecule has 0 spiro atoms. The summed E-state index contributed by atoms with van der Waals surface area (Å²) in [6.45, 7) is 0.677. The van der Waals surface area contributed by atoms with E-state index in [1.165, 1.54) is 0 Å². The van der Waals surface area contributed by atoms with E-state index in [2.05, 4.69) is 10.6 Å². The second-order valence-electron chi connectivity index (χ2n) is 11.4. The molecule has 9 heteroatoms. The first-order chi connectivity index (χ1) is 23.9. The molecule has 0 heterocycles. The van der Waals surface area contributed by atoms with Gasteiger partial charge in [-0.2, -0.15) is 0 Å². The van der Waals surface area contributed by atoms with Crippen LogP contribution in [0.1, 0.15) is 27.8 Å². The summed E-state index contributed by atoms with van der Waals surface area (Å²) in [6, 6.07) is 41.2. The van der Waals surface area contributed by atoms with Crippen molar-refractivity contribution in [2.24, 2.45) is 5.73 Å². The maximum atomic E-state index is 13.6. The highest BCUT2D eigenvalue weighted by atomic mass is 16.5. The fraction of sp³-hybridized carbons (Fsp3) is 0.175. The van der Waals surface area contributed by atoms with Gasteiger partial charge in [-0.15, -0.1) is 0 Å². The molecule has 3 amide bonds. The van der Waals surface area contributed by atoms with Crippen molar-refractivity contribution in [3.63, 3.8) is 0 Å². The average molecular weight is 658 g/mol. The van der Waals surface area contributed by atoms with Gasteiger partial charge >= 0.3 is 6.09 Å². The van der Waals surface area contributed by atoms with Gasteiger partial charge < -0.3 is 30.6 Å². The van der Waals surface area contributed by atoms with Gasteiger partial charge in [0.25, 0.3) is 0 Å². The molecule has 0 unspecified atom stereocenters. The zero-order valence-electron chi connectivity index (χ0n) is 27.0. The molecule has 0 saturated heterocycles. The Bertz CT molecular complexity index is 1790. The fourth-order valence-electron chi connectivity index (χ4n) is 5.08. The number of primary amides is 1. The molecule has 250 valence electrons. The largest absolute Gasteiger partial charge is 0.485 e. The predicted molar refractivity (Wildman–Crippen MR) is 187 cm³/mol. The molecule has 5 rings (SSSR count). The van der Waals surface area contributed by atoms with Crippen LogP contribution in [0.3, 0.4) is 0 Å². The lowest BCUT2D eigenvalue weighted by molar-refractivity contribution is -0.128. The Morgan fingerprint density at radius 3 is 1.51 bits per heavy atom. The third kappa shape index (κ3) is 11.0. The Hall–Kier alpha value is -6.09. The Morgan fingerprint density at radius 1 is 0.510 bits per heavy atom. The second-order valence-corrected chi connectivity index (χ2v) is 11.4. The molecule has 0 aliphatic heterocycles. The van der Waals surface area contributed by atoms with E-state index in [1.54, 1.807) is 18.2 Å². The minimum absolute atomic E-state index is 0.0377. The first-order valence-electron chi connectivity index (χ1n) is 16.0. The Labute approximate surface area is 286 Å². The van der Waals surface area contributed by atoms with Crippen molar-refractivity contribution in [3.8, 4) is 11.5 Å².